The normalized spacial score (nSPS) is 10.2. The maximum absolute atomic E-state index is 12.0. The first kappa shape index (κ1) is 20.4. The summed E-state index contributed by atoms with van der Waals surface area (Å²) in [5.41, 5.74) is 2.35. The maximum Gasteiger partial charge on any atom is 0.264 e. The van der Waals surface area contributed by atoms with Crippen LogP contribution in [0.5, 0.6) is 5.75 Å². The van der Waals surface area contributed by atoms with E-state index < -0.39 is 0 Å². The van der Waals surface area contributed by atoms with Crippen LogP contribution in [0.4, 0.5) is 11.4 Å². The molecule has 3 N–H and O–H groups in total. The molecule has 2 aromatic carbocycles. The predicted octanol–water partition coefficient (Wildman–Crippen LogP) is 3.48. The molecule has 2 aromatic rings. The SMILES string of the molecule is Cc1cccc(OCC(=O)NC(=S)Nc2cccc(NC(=O)C(C)C)c2)c1. The lowest BCUT2D eigenvalue weighted by atomic mass is 10.2. The Morgan fingerprint density at radius 3 is 2.37 bits per heavy atom. The quantitative estimate of drug-likeness (QED) is 0.664. The fraction of sp³-hybridized carbons (Fsp3) is 0.250. The van der Waals surface area contributed by atoms with Crippen LogP contribution in [-0.4, -0.2) is 23.5 Å². The van der Waals surface area contributed by atoms with E-state index in [0.29, 0.717) is 17.1 Å². The first-order valence-electron chi connectivity index (χ1n) is 8.54. The number of nitrogens with one attached hydrogen (secondary N) is 3. The Morgan fingerprint density at radius 1 is 1.04 bits per heavy atom. The molecule has 0 saturated heterocycles. The molecule has 0 aliphatic heterocycles. The van der Waals surface area contributed by atoms with Gasteiger partial charge in [0.15, 0.2) is 11.7 Å². The van der Waals surface area contributed by atoms with E-state index in [-0.39, 0.29) is 29.5 Å². The summed E-state index contributed by atoms with van der Waals surface area (Å²) in [6.45, 7) is 5.45. The Balaban J connectivity index is 1.84. The van der Waals surface area contributed by atoms with Crippen molar-refractivity contribution in [1.29, 1.82) is 0 Å². The number of amides is 2. The topological polar surface area (TPSA) is 79.5 Å². The van der Waals surface area contributed by atoms with E-state index in [9.17, 15) is 9.59 Å². The third-order valence-corrected chi connectivity index (χ3v) is 3.73. The second-order valence-electron chi connectivity index (χ2n) is 6.33. The smallest absolute Gasteiger partial charge is 0.264 e. The average molecular weight is 385 g/mol. The minimum absolute atomic E-state index is 0.0728. The molecule has 2 rings (SSSR count). The van der Waals surface area contributed by atoms with Crippen LogP contribution in [0.15, 0.2) is 48.5 Å². The van der Waals surface area contributed by atoms with Gasteiger partial charge in [0.25, 0.3) is 5.91 Å². The standard InChI is InChI=1S/C20H23N3O3S/c1-13(2)19(25)21-15-7-5-8-16(11-15)22-20(27)23-18(24)12-26-17-9-4-6-14(3)10-17/h4-11,13H,12H2,1-3H3,(H,21,25)(H2,22,23,24,27). The average Bonchev–Trinajstić information content (AvgIpc) is 2.60. The Bertz CT molecular complexity index is 837. The van der Waals surface area contributed by atoms with E-state index in [2.05, 4.69) is 16.0 Å². The third-order valence-electron chi connectivity index (χ3n) is 3.52. The molecule has 142 valence electrons. The highest BCUT2D eigenvalue weighted by Crippen LogP contribution is 2.16. The lowest BCUT2D eigenvalue weighted by Gasteiger charge is -2.12. The Morgan fingerprint density at radius 2 is 1.70 bits per heavy atom. The van der Waals surface area contributed by atoms with Gasteiger partial charge < -0.3 is 15.4 Å². The number of thiocarbonyl (C=S) groups is 1. The van der Waals surface area contributed by atoms with Crippen LogP contribution < -0.4 is 20.7 Å². The van der Waals surface area contributed by atoms with Crippen molar-refractivity contribution in [2.45, 2.75) is 20.8 Å². The molecule has 7 heteroatoms. The molecule has 0 heterocycles. The molecule has 0 bridgehead atoms. The summed E-state index contributed by atoms with van der Waals surface area (Å²) in [7, 11) is 0. The second-order valence-corrected chi connectivity index (χ2v) is 6.74. The van der Waals surface area contributed by atoms with Gasteiger partial charge in [0.2, 0.25) is 5.91 Å². The molecule has 0 unspecified atom stereocenters. The molecule has 0 spiro atoms. The monoisotopic (exact) mass is 385 g/mol. The molecule has 27 heavy (non-hydrogen) atoms. The first-order chi connectivity index (χ1) is 12.8. The molecule has 0 aromatic heterocycles. The summed E-state index contributed by atoms with van der Waals surface area (Å²) in [5, 5.41) is 8.44. The number of rotatable bonds is 6. The van der Waals surface area contributed by atoms with Gasteiger partial charge in [-0.1, -0.05) is 32.0 Å². The summed E-state index contributed by atoms with van der Waals surface area (Å²) < 4.78 is 5.44. The molecule has 0 saturated carbocycles. The van der Waals surface area contributed by atoms with Crippen LogP contribution in [0.1, 0.15) is 19.4 Å². The van der Waals surface area contributed by atoms with Gasteiger partial charge in [-0.15, -0.1) is 0 Å². The zero-order valence-corrected chi connectivity index (χ0v) is 16.4. The van der Waals surface area contributed by atoms with Crippen molar-refractivity contribution in [3.05, 3.63) is 54.1 Å². The zero-order valence-electron chi connectivity index (χ0n) is 15.5. The zero-order chi connectivity index (χ0) is 19.8. The van der Waals surface area contributed by atoms with Crippen molar-refractivity contribution in [3.8, 4) is 5.75 Å². The lowest BCUT2D eigenvalue weighted by molar-refractivity contribution is -0.121. The van der Waals surface area contributed by atoms with E-state index in [1.807, 2.05) is 39.0 Å². The highest BCUT2D eigenvalue weighted by atomic mass is 32.1. The summed E-state index contributed by atoms with van der Waals surface area (Å²) in [6.07, 6.45) is 0. The molecule has 0 aliphatic rings. The van der Waals surface area contributed by atoms with Crippen LogP contribution in [0, 0.1) is 12.8 Å². The van der Waals surface area contributed by atoms with Gasteiger partial charge in [-0.05, 0) is 55.0 Å². The highest BCUT2D eigenvalue weighted by Gasteiger charge is 2.09. The number of hydrogen-bond acceptors (Lipinski definition) is 4. The van der Waals surface area contributed by atoms with Crippen molar-refractivity contribution in [1.82, 2.24) is 5.32 Å². The van der Waals surface area contributed by atoms with Gasteiger partial charge in [-0.2, -0.15) is 0 Å². The lowest BCUT2D eigenvalue weighted by Crippen LogP contribution is -2.37. The number of hydrogen-bond donors (Lipinski definition) is 3. The molecule has 2 amide bonds. The van der Waals surface area contributed by atoms with Gasteiger partial charge in [0, 0.05) is 17.3 Å². The fourth-order valence-corrected chi connectivity index (χ4v) is 2.37. The summed E-state index contributed by atoms with van der Waals surface area (Å²) >= 11 is 5.15. The van der Waals surface area contributed by atoms with Gasteiger partial charge >= 0.3 is 0 Å². The van der Waals surface area contributed by atoms with Crippen molar-refractivity contribution in [2.75, 3.05) is 17.2 Å². The minimum atomic E-state index is -0.363. The van der Waals surface area contributed by atoms with E-state index >= 15 is 0 Å². The molecule has 6 nitrogen and oxygen atoms in total. The summed E-state index contributed by atoms with van der Waals surface area (Å²) in [4.78, 5) is 23.7. The van der Waals surface area contributed by atoms with Crippen LogP contribution in [0.2, 0.25) is 0 Å². The van der Waals surface area contributed by atoms with Gasteiger partial charge in [0.1, 0.15) is 5.75 Å². The van der Waals surface area contributed by atoms with Crippen LogP contribution >= 0.6 is 12.2 Å². The third kappa shape index (κ3) is 7.07. The number of ether oxygens (including phenoxy) is 1. The Labute approximate surface area is 164 Å². The molecule has 0 fully saturated rings. The van der Waals surface area contributed by atoms with Crippen molar-refractivity contribution >= 4 is 40.5 Å². The number of anilines is 2. The van der Waals surface area contributed by atoms with Crippen LogP contribution in [-0.2, 0) is 9.59 Å². The van der Waals surface area contributed by atoms with Crippen molar-refractivity contribution in [2.24, 2.45) is 5.92 Å². The number of carbonyl (C=O) groups excluding carboxylic acids is 2. The molecule has 0 aliphatic carbocycles. The summed E-state index contributed by atoms with van der Waals surface area (Å²) in [6, 6.07) is 14.5. The van der Waals surface area contributed by atoms with E-state index in [1.165, 1.54) is 0 Å². The highest BCUT2D eigenvalue weighted by molar-refractivity contribution is 7.80. The van der Waals surface area contributed by atoms with E-state index in [1.54, 1.807) is 30.3 Å². The number of carbonyl (C=O) groups is 2. The second kappa shape index (κ2) is 9.68. The fourth-order valence-electron chi connectivity index (χ4n) is 2.14. The maximum atomic E-state index is 12.0. The van der Waals surface area contributed by atoms with Crippen LogP contribution in [0.25, 0.3) is 0 Å². The molecule has 0 radical (unpaired) electrons. The number of aryl methyl sites for hydroxylation is 1. The minimum Gasteiger partial charge on any atom is -0.484 e. The molecular formula is C20H23N3O3S. The van der Waals surface area contributed by atoms with Gasteiger partial charge in [-0.25, -0.2) is 0 Å². The Kier molecular flexibility index (Phi) is 7.31. The van der Waals surface area contributed by atoms with E-state index in [0.717, 1.165) is 5.56 Å². The van der Waals surface area contributed by atoms with Crippen molar-refractivity contribution < 1.29 is 14.3 Å². The summed E-state index contributed by atoms with van der Waals surface area (Å²) in [5.74, 6) is 0.0719. The van der Waals surface area contributed by atoms with Gasteiger partial charge in [0.05, 0.1) is 0 Å². The molecule has 0 atom stereocenters. The number of benzene rings is 2. The first-order valence-corrected chi connectivity index (χ1v) is 8.95. The largest absolute Gasteiger partial charge is 0.484 e. The molecular weight excluding hydrogens is 362 g/mol. The van der Waals surface area contributed by atoms with Crippen molar-refractivity contribution in [3.63, 3.8) is 0 Å². The Hall–Kier alpha value is -2.93. The van der Waals surface area contributed by atoms with Gasteiger partial charge in [-0.3, -0.25) is 14.9 Å². The van der Waals surface area contributed by atoms with Crippen LogP contribution in [0.3, 0.4) is 0 Å². The van der Waals surface area contributed by atoms with E-state index in [4.69, 9.17) is 17.0 Å². The predicted molar refractivity (Wildman–Crippen MR) is 111 cm³/mol.